The van der Waals surface area contributed by atoms with Crippen LogP contribution in [0.4, 0.5) is 0 Å². The number of phenols is 1. The SMILES string of the molecule is CCCCN1C(=O)C2NNC(c3ccccc3O)C2C1c1cccc(OCCC(C)C)c1. The Balaban J connectivity index is 1.67. The Morgan fingerprint density at radius 1 is 1.09 bits per heavy atom. The molecule has 2 heterocycles. The van der Waals surface area contributed by atoms with Crippen molar-refractivity contribution in [1.82, 2.24) is 15.8 Å². The number of phenolic OH excluding ortho intramolecular Hbond substituents is 1. The highest BCUT2D eigenvalue weighted by atomic mass is 16.5. The second-order valence-corrected chi connectivity index (χ2v) is 9.31. The molecule has 2 aliphatic heterocycles. The summed E-state index contributed by atoms with van der Waals surface area (Å²) in [6.07, 6.45) is 2.99. The minimum absolute atomic E-state index is 0.0430. The molecule has 4 rings (SSSR count). The van der Waals surface area contributed by atoms with E-state index >= 15 is 0 Å². The molecule has 2 fully saturated rings. The van der Waals surface area contributed by atoms with E-state index in [0.717, 1.165) is 42.7 Å². The van der Waals surface area contributed by atoms with Gasteiger partial charge in [-0.05, 0) is 42.5 Å². The van der Waals surface area contributed by atoms with E-state index in [2.05, 4.69) is 43.8 Å². The molecule has 6 nitrogen and oxygen atoms in total. The maximum Gasteiger partial charge on any atom is 0.242 e. The smallest absolute Gasteiger partial charge is 0.242 e. The molecule has 0 bridgehead atoms. The Labute approximate surface area is 190 Å². The molecule has 6 heteroatoms. The Morgan fingerprint density at radius 2 is 1.88 bits per heavy atom. The predicted molar refractivity (Wildman–Crippen MR) is 125 cm³/mol. The molecule has 0 spiro atoms. The number of hydrogen-bond donors (Lipinski definition) is 3. The number of likely N-dealkylation sites (tertiary alicyclic amines) is 1. The van der Waals surface area contributed by atoms with Crippen molar-refractivity contribution in [2.24, 2.45) is 11.8 Å². The van der Waals surface area contributed by atoms with Gasteiger partial charge in [-0.1, -0.05) is 57.5 Å². The molecule has 3 N–H and O–H groups in total. The monoisotopic (exact) mass is 437 g/mol. The van der Waals surface area contributed by atoms with Crippen LogP contribution in [0.1, 0.15) is 63.2 Å². The first-order valence-corrected chi connectivity index (χ1v) is 11.8. The summed E-state index contributed by atoms with van der Waals surface area (Å²) < 4.78 is 6.03. The summed E-state index contributed by atoms with van der Waals surface area (Å²) in [5.74, 6) is 1.75. The van der Waals surface area contributed by atoms with Crippen LogP contribution in [0.3, 0.4) is 0 Å². The number of benzene rings is 2. The van der Waals surface area contributed by atoms with E-state index in [9.17, 15) is 9.90 Å². The number of nitrogens with zero attached hydrogens (tertiary/aromatic N) is 1. The Kier molecular flexibility index (Phi) is 7.01. The number of nitrogens with one attached hydrogen (secondary N) is 2. The summed E-state index contributed by atoms with van der Waals surface area (Å²) in [6.45, 7) is 7.93. The van der Waals surface area contributed by atoms with Gasteiger partial charge in [0.15, 0.2) is 0 Å². The van der Waals surface area contributed by atoms with Crippen molar-refractivity contribution in [3.63, 3.8) is 0 Å². The summed E-state index contributed by atoms with van der Waals surface area (Å²) in [7, 11) is 0. The molecule has 2 saturated heterocycles. The van der Waals surface area contributed by atoms with Gasteiger partial charge < -0.3 is 14.7 Å². The lowest BCUT2D eigenvalue weighted by Gasteiger charge is -2.31. The van der Waals surface area contributed by atoms with Gasteiger partial charge in [-0.2, -0.15) is 0 Å². The molecular weight excluding hydrogens is 402 g/mol. The Hall–Kier alpha value is -2.57. The first-order valence-electron chi connectivity index (χ1n) is 11.8. The van der Waals surface area contributed by atoms with E-state index in [4.69, 9.17) is 4.74 Å². The van der Waals surface area contributed by atoms with Crippen LogP contribution in [0.2, 0.25) is 0 Å². The zero-order valence-corrected chi connectivity index (χ0v) is 19.3. The van der Waals surface area contributed by atoms with Gasteiger partial charge in [-0.3, -0.25) is 4.79 Å². The highest BCUT2D eigenvalue weighted by molar-refractivity contribution is 5.86. The Bertz CT molecular complexity index is 932. The number of carbonyl (C=O) groups is 1. The van der Waals surface area contributed by atoms with Gasteiger partial charge in [-0.25, -0.2) is 10.9 Å². The van der Waals surface area contributed by atoms with Crippen LogP contribution in [0.15, 0.2) is 48.5 Å². The molecule has 0 saturated carbocycles. The highest BCUT2D eigenvalue weighted by Crippen LogP contribution is 2.48. The van der Waals surface area contributed by atoms with Crippen LogP contribution in [-0.4, -0.2) is 35.1 Å². The van der Waals surface area contributed by atoms with E-state index in [1.54, 1.807) is 6.07 Å². The standard InChI is InChI=1S/C26H35N3O3/c1-4-5-14-29-25(18-9-8-10-19(16-18)32-15-13-17(2)3)22-23(27-28-24(22)26(29)31)20-11-6-7-12-21(20)30/h6-12,16-17,22-25,27-28,30H,4-5,13-15H2,1-3H3. The molecular formula is C26H35N3O3. The number of fused-ring (bicyclic) bond motifs is 1. The number of hydrogen-bond acceptors (Lipinski definition) is 5. The van der Waals surface area contributed by atoms with E-state index in [-0.39, 0.29) is 35.7 Å². The number of ether oxygens (including phenoxy) is 1. The predicted octanol–water partition coefficient (Wildman–Crippen LogP) is 4.33. The highest BCUT2D eigenvalue weighted by Gasteiger charge is 2.55. The number of para-hydroxylation sites is 1. The van der Waals surface area contributed by atoms with Crippen molar-refractivity contribution in [3.05, 3.63) is 59.7 Å². The molecule has 2 aliphatic rings. The second kappa shape index (κ2) is 9.92. The zero-order chi connectivity index (χ0) is 22.7. The van der Waals surface area contributed by atoms with Crippen LogP contribution < -0.4 is 15.6 Å². The van der Waals surface area contributed by atoms with Crippen LogP contribution in [0, 0.1) is 11.8 Å². The van der Waals surface area contributed by atoms with E-state index in [1.807, 2.05) is 35.2 Å². The first kappa shape index (κ1) is 22.6. The molecule has 0 radical (unpaired) electrons. The summed E-state index contributed by atoms with van der Waals surface area (Å²) in [6, 6.07) is 15.0. The third-order valence-electron chi connectivity index (χ3n) is 6.60. The Morgan fingerprint density at radius 3 is 2.62 bits per heavy atom. The minimum atomic E-state index is -0.327. The van der Waals surface area contributed by atoms with Crippen molar-refractivity contribution in [3.8, 4) is 11.5 Å². The van der Waals surface area contributed by atoms with Gasteiger partial charge in [0.1, 0.15) is 17.5 Å². The van der Waals surface area contributed by atoms with Crippen molar-refractivity contribution < 1.29 is 14.6 Å². The van der Waals surface area contributed by atoms with E-state index < -0.39 is 0 Å². The molecule has 2 aromatic rings. The van der Waals surface area contributed by atoms with Gasteiger partial charge in [0.2, 0.25) is 5.91 Å². The summed E-state index contributed by atoms with van der Waals surface area (Å²) in [4.78, 5) is 15.4. The van der Waals surface area contributed by atoms with E-state index in [0.29, 0.717) is 12.5 Å². The number of aromatic hydroxyl groups is 1. The average Bonchev–Trinajstić information content (AvgIpc) is 3.31. The summed E-state index contributed by atoms with van der Waals surface area (Å²) in [5.41, 5.74) is 8.41. The third kappa shape index (κ3) is 4.48. The average molecular weight is 438 g/mol. The molecule has 0 aliphatic carbocycles. The zero-order valence-electron chi connectivity index (χ0n) is 19.3. The topological polar surface area (TPSA) is 73.8 Å². The van der Waals surface area contributed by atoms with Gasteiger partial charge in [0.05, 0.1) is 18.7 Å². The lowest BCUT2D eigenvalue weighted by atomic mass is 9.83. The lowest BCUT2D eigenvalue weighted by molar-refractivity contribution is -0.130. The lowest BCUT2D eigenvalue weighted by Crippen LogP contribution is -2.41. The normalized spacial score (nSPS) is 24.9. The van der Waals surface area contributed by atoms with Gasteiger partial charge in [0, 0.05) is 18.0 Å². The number of amides is 1. The fourth-order valence-electron chi connectivity index (χ4n) is 4.90. The fourth-order valence-corrected chi connectivity index (χ4v) is 4.90. The molecule has 2 aromatic carbocycles. The molecule has 4 atom stereocenters. The molecule has 4 unspecified atom stereocenters. The summed E-state index contributed by atoms with van der Waals surface area (Å²) in [5, 5.41) is 10.5. The number of rotatable bonds is 9. The molecule has 172 valence electrons. The summed E-state index contributed by atoms with van der Waals surface area (Å²) >= 11 is 0. The minimum Gasteiger partial charge on any atom is -0.508 e. The third-order valence-corrected chi connectivity index (χ3v) is 6.60. The van der Waals surface area contributed by atoms with Crippen LogP contribution >= 0.6 is 0 Å². The second-order valence-electron chi connectivity index (χ2n) is 9.31. The number of carbonyl (C=O) groups excluding carboxylic acids is 1. The van der Waals surface area contributed by atoms with Gasteiger partial charge in [0.25, 0.3) is 0 Å². The van der Waals surface area contributed by atoms with Crippen LogP contribution in [0.25, 0.3) is 0 Å². The van der Waals surface area contributed by atoms with Crippen molar-refractivity contribution in [2.45, 2.75) is 58.2 Å². The van der Waals surface area contributed by atoms with Gasteiger partial charge in [-0.15, -0.1) is 0 Å². The fraction of sp³-hybridized carbons (Fsp3) is 0.500. The first-order chi connectivity index (χ1) is 15.5. The van der Waals surface area contributed by atoms with Crippen molar-refractivity contribution in [1.29, 1.82) is 0 Å². The largest absolute Gasteiger partial charge is 0.508 e. The number of unbranched alkanes of at least 4 members (excludes halogenated alkanes) is 1. The quantitative estimate of drug-likeness (QED) is 0.544. The van der Waals surface area contributed by atoms with Crippen molar-refractivity contribution >= 4 is 5.91 Å². The van der Waals surface area contributed by atoms with Gasteiger partial charge >= 0.3 is 0 Å². The molecule has 1 amide bonds. The van der Waals surface area contributed by atoms with Crippen LogP contribution in [-0.2, 0) is 4.79 Å². The van der Waals surface area contributed by atoms with Crippen molar-refractivity contribution in [2.75, 3.05) is 13.2 Å². The number of hydrazine groups is 1. The van der Waals surface area contributed by atoms with E-state index in [1.165, 1.54) is 0 Å². The van der Waals surface area contributed by atoms with Crippen LogP contribution in [0.5, 0.6) is 11.5 Å². The maximum absolute atomic E-state index is 13.4. The molecule has 0 aromatic heterocycles. The molecule has 32 heavy (non-hydrogen) atoms. The maximum atomic E-state index is 13.4.